The van der Waals surface area contributed by atoms with Crippen molar-refractivity contribution in [2.75, 3.05) is 24.1 Å². The van der Waals surface area contributed by atoms with Crippen LogP contribution in [0.3, 0.4) is 0 Å². The van der Waals surface area contributed by atoms with Crippen molar-refractivity contribution in [1.29, 1.82) is 5.26 Å². The topological polar surface area (TPSA) is 104 Å². The second kappa shape index (κ2) is 7.09. The van der Waals surface area contributed by atoms with Gasteiger partial charge in [0.1, 0.15) is 29.6 Å². The number of anilines is 2. The number of fused-ring (bicyclic) bond motifs is 1. The monoisotopic (exact) mass is 359 g/mol. The van der Waals surface area contributed by atoms with Gasteiger partial charge in [-0.1, -0.05) is 12.1 Å². The molecule has 1 aliphatic heterocycles. The van der Waals surface area contributed by atoms with Gasteiger partial charge in [-0.2, -0.15) is 5.26 Å². The van der Waals surface area contributed by atoms with Crippen LogP contribution in [0.4, 0.5) is 11.6 Å². The third kappa shape index (κ3) is 3.11. The molecule has 4 rings (SSSR count). The molecule has 0 spiro atoms. The molecule has 1 unspecified atom stereocenters. The number of nitriles is 1. The summed E-state index contributed by atoms with van der Waals surface area (Å²) < 4.78 is 2.23. The lowest BCUT2D eigenvalue weighted by Gasteiger charge is -2.20. The van der Waals surface area contributed by atoms with Crippen LogP contribution < -0.4 is 16.4 Å². The standard InChI is InChI=1S/C20H21N7/c1-13(26-20-17(11-21)19(22)24-12-25-20)16-10-15-4-2-3-9-27(15)18(16)14-5-7-23-8-6-14/h2-5,9-10,12-13,23H,6-8H2,1H3,(H3,22,24,25,26). The average Bonchev–Trinajstić information content (AvgIpc) is 3.08. The summed E-state index contributed by atoms with van der Waals surface area (Å²) in [5, 5.41) is 16.1. The lowest BCUT2D eigenvalue weighted by molar-refractivity contribution is 0.734. The zero-order chi connectivity index (χ0) is 18.8. The first-order chi connectivity index (χ1) is 13.2. The van der Waals surface area contributed by atoms with Crippen molar-refractivity contribution >= 4 is 22.7 Å². The number of nitrogen functional groups attached to an aromatic ring is 1. The van der Waals surface area contributed by atoms with Gasteiger partial charge in [-0.25, -0.2) is 9.97 Å². The van der Waals surface area contributed by atoms with E-state index < -0.39 is 0 Å². The largest absolute Gasteiger partial charge is 0.382 e. The van der Waals surface area contributed by atoms with E-state index in [4.69, 9.17) is 5.73 Å². The van der Waals surface area contributed by atoms with Crippen LogP contribution in [0.2, 0.25) is 0 Å². The summed E-state index contributed by atoms with van der Waals surface area (Å²) in [4.78, 5) is 8.12. The first-order valence-corrected chi connectivity index (χ1v) is 8.96. The highest BCUT2D eigenvalue weighted by atomic mass is 15.1. The third-order valence-electron chi connectivity index (χ3n) is 4.89. The third-order valence-corrected chi connectivity index (χ3v) is 4.89. The lowest BCUT2D eigenvalue weighted by atomic mass is 9.99. The number of nitrogens with one attached hydrogen (secondary N) is 2. The Kier molecular flexibility index (Phi) is 4.48. The zero-order valence-electron chi connectivity index (χ0n) is 15.1. The van der Waals surface area contributed by atoms with Crippen LogP contribution in [0.1, 0.15) is 36.2 Å². The fourth-order valence-corrected chi connectivity index (χ4v) is 3.55. The summed E-state index contributed by atoms with van der Waals surface area (Å²) in [6.07, 6.45) is 6.69. The van der Waals surface area contributed by atoms with Crippen molar-refractivity contribution in [1.82, 2.24) is 19.7 Å². The molecule has 7 heteroatoms. The Morgan fingerprint density at radius 1 is 1.37 bits per heavy atom. The molecule has 0 saturated carbocycles. The van der Waals surface area contributed by atoms with Crippen molar-refractivity contribution in [3.63, 3.8) is 0 Å². The van der Waals surface area contributed by atoms with Crippen LogP contribution in [0, 0.1) is 11.3 Å². The van der Waals surface area contributed by atoms with Crippen LogP contribution >= 0.6 is 0 Å². The van der Waals surface area contributed by atoms with Gasteiger partial charge >= 0.3 is 0 Å². The van der Waals surface area contributed by atoms with E-state index >= 15 is 0 Å². The van der Waals surface area contributed by atoms with Gasteiger partial charge in [0.15, 0.2) is 0 Å². The normalized spacial score (nSPS) is 15.2. The van der Waals surface area contributed by atoms with Gasteiger partial charge in [0, 0.05) is 23.8 Å². The number of rotatable bonds is 4. The lowest BCUT2D eigenvalue weighted by Crippen LogP contribution is -2.21. The SMILES string of the molecule is CC(Nc1ncnc(N)c1C#N)c1cc2ccccn2c1C1=CCNCC1. The van der Waals surface area contributed by atoms with Gasteiger partial charge in [-0.3, -0.25) is 0 Å². The molecule has 0 fully saturated rings. The molecule has 3 aromatic rings. The maximum absolute atomic E-state index is 9.39. The first-order valence-electron chi connectivity index (χ1n) is 8.96. The highest BCUT2D eigenvalue weighted by Crippen LogP contribution is 2.33. The Morgan fingerprint density at radius 2 is 2.26 bits per heavy atom. The molecule has 0 aromatic carbocycles. The number of hydrogen-bond acceptors (Lipinski definition) is 6. The Balaban J connectivity index is 1.78. The summed E-state index contributed by atoms with van der Waals surface area (Å²) in [6, 6.07) is 10.4. The van der Waals surface area contributed by atoms with Gasteiger partial charge < -0.3 is 20.8 Å². The van der Waals surface area contributed by atoms with Gasteiger partial charge in [0.05, 0.1) is 11.7 Å². The summed E-state index contributed by atoms with van der Waals surface area (Å²) in [6.45, 7) is 3.91. The number of nitrogens with two attached hydrogens (primary N) is 1. The number of pyridine rings is 1. The fourth-order valence-electron chi connectivity index (χ4n) is 3.55. The predicted molar refractivity (Wildman–Crippen MR) is 106 cm³/mol. The first kappa shape index (κ1) is 17.1. The summed E-state index contributed by atoms with van der Waals surface area (Å²) >= 11 is 0. The van der Waals surface area contributed by atoms with Crippen molar-refractivity contribution in [2.45, 2.75) is 19.4 Å². The molecule has 7 nitrogen and oxygen atoms in total. The predicted octanol–water partition coefficient (Wildman–Crippen LogP) is 2.73. The summed E-state index contributed by atoms with van der Waals surface area (Å²) in [5.74, 6) is 0.642. The minimum atomic E-state index is -0.0583. The average molecular weight is 359 g/mol. The second-order valence-electron chi connectivity index (χ2n) is 6.59. The van der Waals surface area contributed by atoms with E-state index in [-0.39, 0.29) is 17.4 Å². The Hall–Kier alpha value is -3.37. The molecular weight excluding hydrogens is 338 g/mol. The van der Waals surface area contributed by atoms with E-state index in [2.05, 4.69) is 62.4 Å². The molecule has 4 heterocycles. The van der Waals surface area contributed by atoms with Gasteiger partial charge in [0.2, 0.25) is 0 Å². The molecule has 0 amide bonds. The molecule has 0 saturated heterocycles. The summed E-state index contributed by atoms with van der Waals surface area (Å²) in [5.41, 5.74) is 10.9. The van der Waals surface area contributed by atoms with Crippen molar-refractivity contribution in [3.8, 4) is 6.07 Å². The molecule has 136 valence electrons. The van der Waals surface area contributed by atoms with E-state index in [9.17, 15) is 5.26 Å². The molecule has 0 bridgehead atoms. The van der Waals surface area contributed by atoms with Crippen LogP contribution in [0.25, 0.3) is 11.1 Å². The van der Waals surface area contributed by atoms with E-state index in [1.165, 1.54) is 17.6 Å². The maximum atomic E-state index is 9.39. The number of hydrogen-bond donors (Lipinski definition) is 3. The zero-order valence-corrected chi connectivity index (χ0v) is 15.1. The van der Waals surface area contributed by atoms with E-state index in [1.807, 2.05) is 12.1 Å². The number of nitrogens with zero attached hydrogens (tertiary/aromatic N) is 4. The smallest absolute Gasteiger partial charge is 0.150 e. The molecule has 0 radical (unpaired) electrons. The Bertz CT molecular complexity index is 1060. The number of aromatic nitrogens is 3. The van der Waals surface area contributed by atoms with Crippen LogP contribution in [-0.4, -0.2) is 27.5 Å². The molecule has 1 atom stereocenters. The second-order valence-corrected chi connectivity index (χ2v) is 6.59. The highest BCUT2D eigenvalue weighted by Gasteiger charge is 2.21. The van der Waals surface area contributed by atoms with Gasteiger partial charge in [0.25, 0.3) is 0 Å². The van der Waals surface area contributed by atoms with Crippen LogP contribution in [0.15, 0.2) is 42.9 Å². The fraction of sp³-hybridized carbons (Fsp3) is 0.250. The molecule has 4 N–H and O–H groups in total. The molecule has 27 heavy (non-hydrogen) atoms. The van der Waals surface area contributed by atoms with Crippen molar-refractivity contribution in [3.05, 3.63) is 59.7 Å². The molecular formula is C20H21N7. The van der Waals surface area contributed by atoms with Gasteiger partial charge in [-0.05, 0) is 43.7 Å². The van der Waals surface area contributed by atoms with E-state index in [0.29, 0.717) is 5.82 Å². The van der Waals surface area contributed by atoms with E-state index in [1.54, 1.807) is 0 Å². The minimum absolute atomic E-state index is 0.0583. The Morgan fingerprint density at radius 3 is 3.04 bits per heavy atom. The Labute approximate surface area is 157 Å². The molecule has 0 aliphatic carbocycles. The maximum Gasteiger partial charge on any atom is 0.150 e. The van der Waals surface area contributed by atoms with E-state index in [0.717, 1.165) is 30.6 Å². The molecule has 1 aliphatic rings. The quantitative estimate of drug-likeness (QED) is 0.662. The van der Waals surface area contributed by atoms with Crippen molar-refractivity contribution in [2.24, 2.45) is 0 Å². The molecule has 3 aromatic heterocycles. The summed E-state index contributed by atoms with van der Waals surface area (Å²) in [7, 11) is 0. The van der Waals surface area contributed by atoms with Crippen LogP contribution in [0.5, 0.6) is 0 Å². The van der Waals surface area contributed by atoms with Gasteiger partial charge in [-0.15, -0.1) is 0 Å². The highest BCUT2D eigenvalue weighted by molar-refractivity contribution is 5.73. The van der Waals surface area contributed by atoms with Crippen molar-refractivity contribution < 1.29 is 0 Å². The van der Waals surface area contributed by atoms with Crippen LogP contribution in [-0.2, 0) is 0 Å². The minimum Gasteiger partial charge on any atom is -0.382 e.